The van der Waals surface area contributed by atoms with Gasteiger partial charge in [-0.15, -0.1) is 0 Å². The Morgan fingerprint density at radius 2 is 2.21 bits per heavy atom. The van der Waals surface area contributed by atoms with Gasteiger partial charge in [-0.25, -0.2) is 0 Å². The first-order valence-electron chi connectivity index (χ1n) is 5.17. The van der Waals surface area contributed by atoms with Gasteiger partial charge in [0.1, 0.15) is 6.10 Å². The molecular weight excluding hydrogens is 184 g/mol. The fourth-order valence-corrected chi connectivity index (χ4v) is 1.59. The Bertz CT molecular complexity index is 162. The molecule has 0 spiro atoms. The molecule has 1 aliphatic heterocycles. The third-order valence-corrected chi connectivity index (χ3v) is 2.45. The van der Waals surface area contributed by atoms with Gasteiger partial charge >= 0.3 is 0 Å². The Hall–Kier alpha value is -0.160. The van der Waals surface area contributed by atoms with Crippen molar-refractivity contribution in [2.75, 3.05) is 13.7 Å². The third-order valence-electron chi connectivity index (χ3n) is 2.45. The van der Waals surface area contributed by atoms with E-state index in [2.05, 4.69) is 0 Å². The molecule has 0 amide bonds. The Morgan fingerprint density at radius 3 is 2.79 bits per heavy atom. The molecular formula is C10H20O4. The predicted molar refractivity (Wildman–Crippen MR) is 52.0 cm³/mol. The average molecular weight is 204 g/mol. The van der Waals surface area contributed by atoms with Crippen LogP contribution in [0.4, 0.5) is 0 Å². The van der Waals surface area contributed by atoms with Crippen LogP contribution < -0.4 is 0 Å². The van der Waals surface area contributed by atoms with Crippen molar-refractivity contribution in [3.63, 3.8) is 0 Å². The average Bonchev–Trinajstić information content (AvgIpc) is 2.20. The van der Waals surface area contributed by atoms with Crippen molar-refractivity contribution >= 4 is 0 Å². The van der Waals surface area contributed by atoms with Crippen molar-refractivity contribution in [3.8, 4) is 0 Å². The van der Waals surface area contributed by atoms with Crippen LogP contribution in [-0.2, 0) is 14.2 Å². The summed E-state index contributed by atoms with van der Waals surface area (Å²) >= 11 is 0. The Morgan fingerprint density at radius 1 is 1.50 bits per heavy atom. The van der Waals surface area contributed by atoms with Gasteiger partial charge in [0.2, 0.25) is 0 Å². The summed E-state index contributed by atoms with van der Waals surface area (Å²) in [6, 6.07) is 0. The van der Waals surface area contributed by atoms with Gasteiger partial charge in [0, 0.05) is 20.1 Å². The number of hydrogen-bond donors (Lipinski definition) is 1. The number of ether oxygens (including phenoxy) is 3. The van der Waals surface area contributed by atoms with Gasteiger partial charge in [0.05, 0.1) is 12.2 Å². The van der Waals surface area contributed by atoms with Crippen molar-refractivity contribution in [2.45, 2.75) is 51.3 Å². The van der Waals surface area contributed by atoms with Gasteiger partial charge in [-0.1, -0.05) is 6.92 Å². The van der Waals surface area contributed by atoms with E-state index in [-0.39, 0.29) is 18.5 Å². The van der Waals surface area contributed by atoms with Crippen LogP contribution in [0.1, 0.15) is 26.7 Å². The molecule has 1 rings (SSSR count). The summed E-state index contributed by atoms with van der Waals surface area (Å²) in [7, 11) is 1.60. The highest BCUT2D eigenvalue weighted by molar-refractivity contribution is 4.81. The molecule has 1 aliphatic rings. The maximum absolute atomic E-state index is 9.77. The molecule has 0 bridgehead atoms. The van der Waals surface area contributed by atoms with Crippen molar-refractivity contribution in [1.29, 1.82) is 0 Å². The molecule has 1 heterocycles. The first-order valence-corrected chi connectivity index (χ1v) is 5.17. The molecule has 1 saturated heterocycles. The zero-order valence-corrected chi connectivity index (χ0v) is 9.10. The molecule has 0 radical (unpaired) electrons. The lowest BCUT2D eigenvalue weighted by Crippen LogP contribution is -2.48. The molecule has 4 nitrogen and oxygen atoms in total. The van der Waals surface area contributed by atoms with E-state index in [0.29, 0.717) is 13.0 Å². The second-order valence-corrected chi connectivity index (χ2v) is 3.64. The van der Waals surface area contributed by atoms with Crippen LogP contribution in [0.3, 0.4) is 0 Å². The summed E-state index contributed by atoms with van der Waals surface area (Å²) in [6.45, 7) is 4.55. The van der Waals surface area contributed by atoms with E-state index in [9.17, 15) is 5.11 Å². The van der Waals surface area contributed by atoms with E-state index in [4.69, 9.17) is 14.2 Å². The quantitative estimate of drug-likeness (QED) is 0.740. The molecule has 4 unspecified atom stereocenters. The number of methoxy groups -OCH3 is 1. The number of hydrogen-bond acceptors (Lipinski definition) is 4. The van der Waals surface area contributed by atoms with Crippen molar-refractivity contribution in [2.24, 2.45) is 0 Å². The monoisotopic (exact) mass is 204 g/mol. The summed E-state index contributed by atoms with van der Waals surface area (Å²) < 4.78 is 16.0. The van der Waals surface area contributed by atoms with Crippen molar-refractivity contribution in [3.05, 3.63) is 0 Å². The van der Waals surface area contributed by atoms with E-state index in [0.717, 1.165) is 6.42 Å². The molecule has 0 aromatic heterocycles. The predicted octanol–water partition coefficient (Wildman–Crippen LogP) is 0.924. The fourth-order valence-electron chi connectivity index (χ4n) is 1.59. The van der Waals surface area contributed by atoms with E-state index in [1.807, 2.05) is 13.8 Å². The van der Waals surface area contributed by atoms with Crippen LogP contribution >= 0.6 is 0 Å². The lowest BCUT2D eigenvalue weighted by Gasteiger charge is -2.36. The summed E-state index contributed by atoms with van der Waals surface area (Å²) in [5.74, 6) is 0. The van der Waals surface area contributed by atoms with Crippen LogP contribution in [0.25, 0.3) is 0 Å². The van der Waals surface area contributed by atoms with E-state index < -0.39 is 6.10 Å². The Labute approximate surface area is 85.2 Å². The fraction of sp³-hybridized carbons (Fsp3) is 1.00. The SMILES string of the molecule is CCCOC1CC(OC)OC(C)C1O. The molecule has 4 heteroatoms. The summed E-state index contributed by atoms with van der Waals surface area (Å²) in [5, 5.41) is 9.77. The molecule has 0 aromatic carbocycles. The molecule has 4 atom stereocenters. The maximum atomic E-state index is 9.77. The highest BCUT2D eigenvalue weighted by atomic mass is 16.7. The van der Waals surface area contributed by atoms with Crippen molar-refractivity contribution < 1.29 is 19.3 Å². The van der Waals surface area contributed by atoms with E-state index in [1.165, 1.54) is 0 Å². The Kier molecular flexibility index (Phi) is 4.81. The van der Waals surface area contributed by atoms with Crippen LogP contribution in [-0.4, -0.2) is 43.4 Å². The van der Waals surface area contributed by atoms with Gasteiger partial charge in [0.25, 0.3) is 0 Å². The molecule has 1 fully saturated rings. The van der Waals surface area contributed by atoms with Gasteiger partial charge in [-0.05, 0) is 13.3 Å². The summed E-state index contributed by atoms with van der Waals surface area (Å²) in [5.41, 5.74) is 0. The van der Waals surface area contributed by atoms with Gasteiger partial charge < -0.3 is 19.3 Å². The lowest BCUT2D eigenvalue weighted by atomic mass is 10.0. The normalized spacial score (nSPS) is 38.6. The second kappa shape index (κ2) is 5.66. The summed E-state index contributed by atoms with van der Waals surface area (Å²) in [6.07, 6.45) is 0.361. The van der Waals surface area contributed by atoms with Crippen LogP contribution in [0, 0.1) is 0 Å². The number of rotatable bonds is 4. The third kappa shape index (κ3) is 2.92. The number of aliphatic hydroxyl groups excluding tert-OH is 1. The minimum absolute atomic E-state index is 0.163. The lowest BCUT2D eigenvalue weighted by molar-refractivity contribution is -0.245. The minimum atomic E-state index is -0.548. The molecule has 14 heavy (non-hydrogen) atoms. The first-order chi connectivity index (χ1) is 6.69. The molecule has 84 valence electrons. The van der Waals surface area contributed by atoms with Gasteiger partial charge in [-0.3, -0.25) is 0 Å². The van der Waals surface area contributed by atoms with Gasteiger partial charge in [-0.2, -0.15) is 0 Å². The molecule has 0 aliphatic carbocycles. The first kappa shape index (κ1) is 11.9. The Balaban J connectivity index is 2.45. The van der Waals surface area contributed by atoms with Crippen LogP contribution in [0.15, 0.2) is 0 Å². The standard InChI is InChI=1S/C10H20O4/c1-4-5-13-8-6-9(12-3)14-7(2)10(8)11/h7-11H,4-6H2,1-3H3. The highest BCUT2D eigenvalue weighted by Gasteiger charge is 2.35. The van der Waals surface area contributed by atoms with Gasteiger partial charge in [0.15, 0.2) is 6.29 Å². The summed E-state index contributed by atoms with van der Waals surface area (Å²) in [4.78, 5) is 0. The largest absolute Gasteiger partial charge is 0.388 e. The second-order valence-electron chi connectivity index (χ2n) is 3.64. The minimum Gasteiger partial charge on any atom is -0.388 e. The highest BCUT2D eigenvalue weighted by Crippen LogP contribution is 2.22. The zero-order chi connectivity index (χ0) is 10.6. The topological polar surface area (TPSA) is 47.9 Å². The molecule has 0 aromatic rings. The molecule has 0 saturated carbocycles. The smallest absolute Gasteiger partial charge is 0.160 e. The van der Waals surface area contributed by atoms with Crippen molar-refractivity contribution in [1.82, 2.24) is 0 Å². The van der Waals surface area contributed by atoms with E-state index in [1.54, 1.807) is 7.11 Å². The van der Waals surface area contributed by atoms with E-state index >= 15 is 0 Å². The zero-order valence-electron chi connectivity index (χ0n) is 9.10. The van der Waals surface area contributed by atoms with Crippen LogP contribution in [0.5, 0.6) is 0 Å². The molecule has 1 N–H and O–H groups in total. The van der Waals surface area contributed by atoms with Crippen LogP contribution in [0.2, 0.25) is 0 Å². The number of aliphatic hydroxyl groups is 1. The maximum Gasteiger partial charge on any atom is 0.160 e.